The average Bonchev–Trinajstić information content (AvgIpc) is 2.42. The van der Waals surface area contributed by atoms with Gasteiger partial charge in [-0.3, -0.25) is 0 Å². The average molecular weight is 297 g/mol. The van der Waals surface area contributed by atoms with Gasteiger partial charge in [-0.2, -0.15) is 4.31 Å². The first-order valence-electron chi connectivity index (χ1n) is 7.03. The lowest BCUT2D eigenvalue weighted by molar-refractivity contribution is 0.0730. The number of sulfonamides is 1. The zero-order valence-electron chi connectivity index (χ0n) is 12.6. The summed E-state index contributed by atoms with van der Waals surface area (Å²) < 4.78 is 32.4. The van der Waals surface area contributed by atoms with Crippen LogP contribution < -0.4 is 0 Å². The third kappa shape index (κ3) is 2.90. The number of aryl methyl sites for hydroxylation is 1. The van der Waals surface area contributed by atoms with Gasteiger partial charge in [0, 0.05) is 13.1 Å². The van der Waals surface area contributed by atoms with E-state index in [0.717, 1.165) is 16.7 Å². The predicted molar refractivity (Wildman–Crippen MR) is 79.6 cm³/mol. The number of hydrogen-bond acceptors (Lipinski definition) is 3. The third-order valence-electron chi connectivity index (χ3n) is 3.90. The summed E-state index contributed by atoms with van der Waals surface area (Å²) >= 11 is 0. The maximum absolute atomic E-state index is 12.8. The molecule has 0 aliphatic carbocycles. The minimum atomic E-state index is -3.42. The van der Waals surface area contributed by atoms with Crippen molar-refractivity contribution in [3.05, 3.63) is 28.8 Å². The number of benzene rings is 1. The second-order valence-electron chi connectivity index (χ2n) is 5.63. The summed E-state index contributed by atoms with van der Waals surface area (Å²) in [5, 5.41) is 0. The largest absolute Gasteiger partial charge is 0.379 e. The van der Waals surface area contributed by atoms with E-state index in [2.05, 4.69) is 19.9 Å². The van der Waals surface area contributed by atoms with Crippen molar-refractivity contribution in [1.82, 2.24) is 4.31 Å². The summed E-state index contributed by atoms with van der Waals surface area (Å²) in [4.78, 5) is 0.447. The molecule has 1 aromatic carbocycles. The molecule has 0 unspecified atom stereocenters. The molecule has 0 atom stereocenters. The van der Waals surface area contributed by atoms with Crippen LogP contribution in [0.15, 0.2) is 17.0 Å². The van der Waals surface area contributed by atoms with Crippen LogP contribution in [-0.2, 0) is 14.8 Å². The summed E-state index contributed by atoms with van der Waals surface area (Å²) in [6.07, 6.45) is 0. The van der Waals surface area contributed by atoms with E-state index in [9.17, 15) is 8.42 Å². The minimum Gasteiger partial charge on any atom is -0.379 e. The number of ether oxygens (including phenoxy) is 1. The quantitative estimate of drug-likeness (QED) is 0.861. The van der Waals surface area contributed by atoms with Crippen molar-refractivity contribution >= 4 is 10.0 Å². The first kappa shape index (κ1) is 15.5. The highest BCUT2D eigenvalue weighted by atomic mass is 32.2. The molecular formula is C15H23NO3S. The minimum absolute atomic E-state index is 0.313. The van der Waals surface area contributed by atoms with E-state index in [4.69, 9.17) is 4.74 Å². The second kappa shape index (κ2) is 5.84. The maximum Gasteiger partial charge on any atom is 0.243 e. The van der Waals surface area contributed by atoms with Crippen LogP contribution in [0.4, 0.5) is 0 Å². The molecule has 0 radical (unpaired) electrons. The SMILES string of the molecule is Cc1cc(C(C)C)cc(S(=O)(=O)N2CCOCC2)c1C. The monoisotopic (exact) mass is 297 g/mol. The number of morpholine rings is 1. The summed E-state index contributed by atoms with van der Waals surface area (Å²) in [6, 6.07) is 3.91. The molecule has 1 heterocycles. The second-order valence-corrected chi connectivity index (χ2v) is 7.54. The fourth-order valence-corrected chi connectivity index (χ4v) is 4.12. The molecule has 1 aromatic rings. The predicted octanol–water partition coefficient (Wildman–Crippen LogP) is 2.45. The Labute approximate surface area is 121 Å². The van der Waals surface area contributed by atoms with E-state index >= 15 is 0 Å². The number of rotatable bonds is 3. The topological polar surface area (TPSA) is 46.6 Å². The summed E-state index contributed by atoms with van der Waals surface area (Å²) in [6.45, 7) is 9.83. The number of nitrogens with zero attached hydrogens (tertiary/aromatic N) is 1. The summed E-state index contributed by atoms with van der Waals surface area (Å²) in [7, 11) is -3.42. The third-order valence-corrected chi connectivity index (χ3v) is 5.92. The Morgan fingerprint density at radius 3 is 2.30 bits per heavy atom. The molecule has 20 heavy (non-hydrogen) atoms. The van der Waals surface area contributed by atoms with Crippen LogP contribution in [0, 0.1) is 13.8 Å². The lowest BCUT2D eigenvalue weighted by Gasteiger charge is -2.27. The van der Waals surface area contributed by atoms with Gasteiger partial charge < -0.3 is 4.74 Å². The van der Waals surface area contributed by atoms with E-state index in [0.29, 0.717) is 37.1 Å². The van der Waals surface area contributed by atoms with Gasteiger partial charge in [-0.15, -0.1) is 0 Å². The van der Waals surface area contributed by atoms with E-state index in [-0.39, 0.29) is 0 Å². The maximum atomic E-state index is 12.8. The molecule has 1 aliphatic rings. The number of hydrogen-bond donors (Lipinski definition) is 0. The molecule has 0 N–H and O–H groups in total. The van der Waals surface area contributed by atoms with Crippen molar-refractivity contribution in [2.75, 3.05) is 26.3 Å². The zero-order valence-corrected chi connectivity index (χ0v) is 13.5. The fraction of sp³-hybridized carbons (Fsp3) is 0.600. The van der Waals surface area contributed by atoms with Crippen LogP contribution in [0.3, 0.4) is 0 Å². The molecule has 4 nitrogen and oxygen atoms in total. The van der Waals surface area contributed by atoms with E-state index in [1.54, 1.807) is 0 Å². The Morgan fingerprint density at radius 2 is 1.75 bits per heavy atom. The van der Waals surface area contributed by atoms with Crippen LogP contribution in [0.2, 0.25) is 0 Å². The van der Waals surface area contributed by atoms with Crippen LogP contribution >= 0.6 is 0 Å². The molecular weight excluding hydrogens is 274 g/mol. The fourth-order valence-electron chi connectivity index (χ4n) is 2.38. The van der Waals surface area contributed by atoms with Gasteiger partial charge in [0.1, 0.15) is 0 Å². The zero-order chi connectivity index (χ0) is 14.9. The molecule has 2 rings (SSSR count). The summed E-state index contributed by atoms with van der Waals surface area (Å²) in [5.41, 5.74) is 2.95. The van der Waals surface area contributed by atoms with Crippen molar-refractivity contribution in [3.63, 3.8) is 0 Å². The van der Waals surface area contributed by atoms with Gasteiger partial charge in [0.25, 0.3) is 0 Å². The molecule has 1 aliphatic heterocycles. The molecule has 0 bridgehead atoms. The van der Waals surface area contributed by atoms with Crippen molar-refractivity contribution in [1.29, 1.82) is 0 Å². The molecule has 0 aromatic heterocycles. The van der Waals surface area contributed by atoms with Crippen molar-refractivity contribution in [3.8, 4) is 0 Å². The highest BCUT2D eigenvalue weighted by Crippen LogP contribution is 2.28. The van der Waals surface area contributed by atoms with Crippen LogP contribution in [0.1, 0.15) is 36.5 Å². The Bertz CT molecular complexity index is 587. The van der Waals surface area contributed by atoms with Crippen molar-refractivity contribution in [2.45, 2.75) is 38.5 Å². The summed E-state index contributed by atoms with van der Waals surface area (Å²) in [5.74, 6) is 0.313. The van der Waals surface area contributed by atoms with Gasteiger partial charge in [0.15, 0.2) is 0 Å². The van der Waals surface area contributed by atoms with Crippen LogP contribution in [-0.4, -0.2) is 39.0 Å². The van der Waals surface area contributed by atoms with Crippen molar-refractivity contribution in [2.24, 2.45) is 0 Å². The van der Waals surface area contributed by atoms with Crippen LogP contribution in [0.25, 0.3) is 0 Å². The van der Waals surface area contributed by atoms with E-state index < -0.39 is 10.0 Å². The first-order valence-corrected chi connectivity index (χ1v) is 8.47. The van der Waals surface area contributed by atoms with E-state index in [1.807, 2.05) is 19.9 Å². The molecule has 0 saturated carbocycles. The normalized spacial score (nSPS) is 17.6. The van der Waals surface area contributed by atoms with Crippen LogP contribution in [0.5, 0.6) is 0 Å². The highest BCUT2D eigenvalue weighted by Gasteiger charge is 2.28. The van der Waals surface area contributed by atoms with Gasteiger partial charge in [-0.05, 0) is 42.5 Å². The molecule has 112 valence electrons. The van der Waals surface area contributed by atoms with Gasteiger partial charge >= 0.3 is 0 Å². The van der Waals surface area contributed by atoms with Gasteiger partial charge in [-0.1, -0.05) is 19.9 Å². The standard InChI is InChI=1S/C15H23NO3S/c1-11(2)14-9-12(3)13(4)15(10-14)20(17,18)16-5-7-19-8-6-16/h9-11H,5-8H2,1-4H3. The molecule has 1 saturated heterocycles. The molecule has 1 fully saturated rings. The Morgan fingerprint density at radius 1 is 1.15 bits per heavy atom. The lowest BCUT2D eigenvalue weighted by atomic mass is 9.98. The van der Waals surface area contributed by atoms with Gasteiger partial charge in [-0.25, -0.2) is 8.42 Å². The molecule has 5 heteroatoms. The van der Waals surface area contributed by atoms with Gasteiger partial charge in [0.2, 0.25) is 10.0 Å². The van der Waals surface area contributed by atoms with Crippen molar-refractivity contribution < 1.29 is 13.2 Å². The Balaban J connectivity index is 2.50. The van der Waals surface area contributed by atoms with Gasteiger partial charge in [0.05, 0.1) is 18.1 Å². The molecule has 0 spiro atoms. The Hall–Kier alpha value is -0.910. The smallest absolute Gasteiger partial charge is 0.243 e. The Kier molecular flexibility index (Phi) is 4.52. The van der Waals surface area contributed by atoms with E-state index in [1.165, 1.54) is 4.31 Å². The lowest BCUT2D eigenvalue weighted by Crippen LogP contribution is -2.40. The first-order chi connectivity index (χ1) is 9.34. The highest BCUT2D eigenvalue weighted by molar-refractivity contribution is 7.89. The molecule has 0 amide bonds.